The van der Waals surface area contributed by atoms with Crippen LogP contribution in [0.1, 0.15) is 54.3 Å². The van der Waals surface area contributed by atoms with E-state index >= 15 is 0 Å². The van der Waals surface area contributed by atoms with Gasteiger partial charge >= 0.3 is 5.97 Å². The van der Waals surface area contributed by atoms with E-state index in [4.69, 9.17) is 15.2 Å². The van der Waals surface area contributed by atoms with E-state index in [-0.39, 0.29) is 12.0 Å². The van der Waals surface area contributed by atoms with Gasteiger partial charge in [0, 0.05) is 18.7 Å². The summed E-state index contributed by atoms with van der Waals surface area (Å²) in [6, 6.07) is 0.223. The summed E-state index contributed by atoms with van der Waals surface area (Å²) in [4.78, 5) is 12.5. The average Bonchev–Trinajstić information content (AvgIpc) is 3.23. The molecule has 1 fully saturated rings. The first-order valence-corrected chi connectivity index (χ1v) is 8.28. The van der Waals surface area contributed by atoms with E-state index < -0.39 is 0 Å². The van der Waals surface area contributed by atoms with Crippen molar-refractivity contribution in [1.82, 2.24) is 0 Å². The molecule has 2 rings (SSSR count). The Balaban J connectivity index is 2.26. The number of thiophene rings is 1. The van der Waals surface area contributed by atoms with Gasteiger partial charge < -0.3 is 20.5 Å². The van der Waals surface area contributed by atoms with Crippen molar-refractivity contribution in [2.75, 3.05) is 31.4 Å². The van der Waals surface area contributed by atoms with E-state index in [0.29, 0.717) is 29.7 Å². The molecule has 0 saturated heterocycles. The predicted octanol–water partition coefficient (Wildman–Crippen LogP) is 3.22. The molecule has 6 heteroatoms. The Bertz CT molecular complexity index is 497. The van der Waals surface area contributed by atoms with Crippen molar-refractivity contribution in [1.29, 1.82) is 0 Å². The molecule has 1 atom stereocenters. The number of hydrogen-bond acceptors (Lipinski definition) is 6. The van der Waals surface area contributed by atoms with Gasteiger partial charge in [-0.1, -0.05) is 6.92 Å². The minimum atomic E-state index is -0.324. The second-order valence-corrected chi connectivity index (χ2v) is 6.31. The van der Waals surface area contributed by atoms with Crippen LogP contribution in [0.15, 0.2) is 0 Å². The van der Waals surface area contributed by atoms with Gasteiger partial charge in [0.05, 0.1) is 23.9 Å². The number of nitrogens with one attached hydrogen (secondary N) is 1. The molecule has 0 amide bonds. The van der Waals surface area contributed by atoms with Crippen LogP contribution < -0.4 is 11.1 Å². The minimum absolute atomic E-state index is 0.223. The zero-order valence-electron chi connectivity index (χ0n) is 12.9. The zero-order valence-corrected chi connectivity index (χ0v) is 13.7. The number of nitrogens with two attached hydrogens (primary N) is 1. The highest BCUT2D eigenvalue weighted by Gasteiger charge is 2.33. The van der Waals surface area contributed by atoms with E-state index in [0.717, 1.165) is 29.8 Å². The van der Waals surface area contributed by atoms with Crippen molar-refractivity contribution >= 4 is 28.0 Å². The first-order chi connectivity index (χ1) is 10.1. The lowest BCUT2D eigenvalue weighted by Gasteiger charge is -2.17. The van der Waals surface area contributed by atoms with Gasteiger partial charge in [-0.2, -0.15) is 0 Å². The number of hydrogen-bond donors (Lipinski definition) is 2. The minimum Gasteiger partial charge on any atom is -0.462 e. The molecule has 1 aromatic heterocycles. The highest BCUT2D eigenvalue weighted by atomic mass is 32.1. The van der Waals surface area contributed by atoms with Crippen LogP contribution in [-0.4, -0.2) is 32.3 Å². The second-order valence-electron chi connectivity index (χ2n) is 5.29. The van der Waals surface area contributed by atoms with Crippen molar-refractivity contribution in [3.05, 3.63) is 10.4 Å². The Kier molecular flexibility index (Phi) is 5.47. The monoisotopic (exact) mass is 312 g/mol. The molecule has 1 saturated carbocycles. The lowest BCUT2D eigenvalue weighted by Crippen LogP contribution is -2.23. The first kappa shape index (κ1) is 16.1. The predicted molar refractivity (Wildman–Crippen MR) is 86.2 cm³/mol. The molecular weight excluding hydrogens is 288 g/mol. The number of rotatable bonds is 8. The third-order valence-corrected chi connectivity index (χ3v) is 4.76. The zero-order chi connectivity index (χ0) is 15.4. The quantitative estimate of drug-likeness (QED) is 0.721. The van der Waals surface area contributed by atoms with Gasteiger partial charge in [0.15, 0.2) is 0 Å². The maximum absolute atomic E-state index is 12.0. The van der Waals surface area contributed by atoms with Crippen LogP contribution in [0.3, 0.4) is 0 Å². The summed E-state index contributed by atoms with van der Waals surface area (Å²) in [5, 5.41) is 4.49. The fourth-order valence-corrected chi connectivity index (χ4v) is 3.52. The van der Waals surface area contributed by atoms with E-state index in [1.807, 2.05) is 0 Å². The van der Waals surface area contributed by atoms with Crippen LogP contribution >= 0.6 is 11.3 Å². The van der Waals surface area contributed by atoms with E-state index in [1.165, 1.54) is 11.3 Å². The molecule has 0 bridgehead atoms. The molecule has 1 aromatic rings. The fourth-order valence-electron chi connectivity index (χ4n) is 2.34. The smallest absolute Gasteiger partial charge is 0.350 e. The number of esters is 1. The summed E-state index contributed by atoms with van der Waals surface area (Å²) in [5.41, 5.74) is 7.89. The SMILES string of the molecule is CCOC(=O)c1sc(NC(CC)COC)c(C2CC2)c1N. The van der Waals surface area contributed by atoms with Crippen molar-refractivity contribution in [3.8, 4) is 0 Å². The Morgan fingerprint density at radius 1 is 1.48 bits per heavy atom. The van der Waals surface area contributed by atoms with Crippen molar-refractivity contribution in [2.24, 2.45) is 0 Å². The molecular formula is C15H24N2O3S. The Morgan fingerprint density at radius 3 is 2.71 bits per heavy atom. The lowest BCUT2D eigenvalue weighted by molar-refractivity contribution is 0.0533. The highest BCUT2D eigenvalue weighted by molar-refractivity contribution is 7.18. The first-order valence-electron chi connectivity index (χ1n) is 7.47. The Labute approximate surface area is 129 Å². The Morgan fingerprint density at radius 2 is 2.19 bits per heavy atom. The standard InChI is InChI=1S/C15H24N2O3S/c1-4-10(8-19-3)17-14-11(9-6-7-9)12(16)13(21-14)15(18)20-5-2/h9-10,17H,4-8,16H2,1-3H3. The van der Waals surface area contributed by atoms with Gasteiger partial charge in [0.25, 0.3) is 0 Å². The number of anilines is 2. The molecule has 1 unspecified atom stereocenters. The largest absolute Gasteiger partial charge is 0.462 e. The Hall–Kier alpha value is -1.27. The maximum Gasteiger partial charge on any atom is 0.350 e. The topological polar surface area (TPSA) is 73.6 Å². The van der Waals surface area contributed by atoms with Crippen LogP contribution in [0.5, 0.6) is 0 Å². The number of ether oxygens (including phenoxy) is 2. The van der Waals surface area contributed by atoms with Crippen LogP contribution in [0.2, 0.25) is 0 Å². The molecule has 0 radical (unpaired) electrons. The number of nitrogen functional groups attached to an aromatic ring is 1. The molecule has 1 heterocycles. The lowest BCUT2D eigenvalue weighted by atomic mass is 10.1. The number of carbonyl (C=O) groups is 1. The van der Waals surface area contributed by atoms with Crippen LogP contribution in [0, 0.1) is 0 Å². The summed E-state index contributed by atoms with van der Waals surface area (Å²) in [7, 11) is 1.69. The highest BCUT2D eigenvalue weighted by Crippen LogP contribution is 2.51. The van der Waals surface area contributed by atoms with E-state index in [2.05, 4.69) is 12.2 Å². The van der Waals surface area contributed by atoms with Gasteiger partial charge in [0.1, 0.15) is 4.88 Å². The summed E-state index contributed by atoms with van der Waals surface area (Å²) in [5.74, 6) is 0.154. The number of methoxy groups -OCH3 is 1. The van der Waals surface area contributed by atoms with Gasteiger partial charge in [-0.05, 0) is 32.1 Å². The molecule has 0 aromatic carbocycles. The van der Waals surface area contributed by atoms with Gasteiger partial charge in [0.2, 0.25) is 0 Å². The summed E-state index contributed by atoms with van der Waals surface area (Å²) >= 11 is 1.41. The van der Waals surface area contributed by atoms with Crippen molar-refractivity contribution in [3.63, 3.8) is 0 Å². The van der Waals surface area contributed by atoms with Crippen LogP contribution in [-0.2, 0) is 9.47 Å². The molecule has 21 heavy (non-hydrogen) atoms. The summed E-state index contributed by atoms with van der Waals surface area (Å²) in [6.45, 7) is 4.90. The fraction of sp³-hybridized carbons (Fsp3) is 0.667. The third-order valence-electron chi connectivity index (χ3n) is 3.63. The van der Waals surface area contributed by atoms with Crippen molar-refractivity contribution in [2.45, 2.75) is 45.1 Å². The van der Waals surface area contributed by atoms with Gasteiger partial charge in [-0.3, -0.25) is 0 Å². The molecule has 5 nitrogen and oxygen atoms in total. The second kappa shape index (κ2) is 7.13. The number of carbonyl (C=O) groups excluding carboxylic acids is 1. The molecule has 1 aliphatic carbocycles. The van der Waals surface area contributed by atoms with Crippen molar-refractivity contribution < 1.29 is 14.3 Å². The molecule has 0 spiro atoms. The third kappa shape index (κ3) is 3.68. The van der Waals surface area contributed by atoms with E-state index in [9.17, 15) is 4.79 Å². The molecule has 3 N–H and O–H groups in total. The summed E-state index contributed by atoms with van der Waals surface area (Å²) < 4.78 is 10.3. The molecule has 1 aliphatic rings. The van der Waals surface area contributed by atoms with Gasteiger partial charge in [-0.25, -0.2) is 4.79 Å². The van der Waals surface area contributed by atoms with Gasteiger partial charge in [-0.15, -0.1) is 11.3 Å². The van der Waals surface area contributed by atoms with E-state index in [1.54, 1.807) is 14.0 Å². The van der Waals surface area contributed by atoms with Crippen LogP contribution in [0.4, 0.5) is 10.7 Å². The summed E-state index contributed by atoms with van der Waals surface area (Å²) in [6.07, 6.45) is 3.22. The normalized spacial score (nSPS) is 15.8. The maximum atomic E-state index is 12.0. The van der Waals surface area contributed by atoms with Crippen LogP contribution in [0.25, 0.3) is 0 Å². The molecule has 0 aliphatic heterocycles. The average molecular weight is 312 g/mol. The molecule has 118 valence electrons.